The van der Waals surface area contributed by atoms with Crippen LogP contribution >= 0.6 is 0 Å². The Morgan fingerprint density at radius 3 is 2.46 bits per heavy atom. The van der Waals surface area contributed by atoms with Gasteiger partial charge in [-0.25, -0.2) is 0 Å². The molecule has 1 aromatic rings. The lowest BCUT2D eigenvalue weighted by molar-refractivity contribution is -0.117. The van der Waals surface area contributed by atoms with E-state index in [2.05, 4.69) is 70.3 Å². The molecule has 0 saturated heterocycles. The largest absolute Gasteiger partial charge is 0.309 e. The molecule has 194 valence electrons. The van der Waals surface area contributed by atoms with Crippen molar-refractivity contribution in [2.24, 2.45) is 57.7 Å². The molecule has 0 aromatic heterocycles. The standard InChI is InChI=1S/C34H53N/c1-23(2)10-9-11-24(3)28-14-15-29-27-20-31(35-22-25-12-7-6-8-13-25)34-21-26(34)16-19-33(34,5)30(27)17-18-32(28,29)4/h6-8,12-13,23-24,26-31,35H,9-11,14-22H2,1-5H3. The topological polar surface area (TPSA) is 12.0 Å². The lowest BCUT2D eigenvalue weighted by atomic mass is 9.44. The number of fused-ring (bicyclic) bond motifs is 4. The Bertz CT molecular complexity index is 891. The molecule has 35 heavy (non-hydrogen) atoms. The molecule has 6 rings (SSSR count). The number of benzene rings is 1. The van der Waals surface area contributed by atoms with Crippen molar-refractivity contribution >= 4 is 0 Å². The third kappa shape index (κ3) is 3.72. The van der Waals surface area contributed by atoms with E-state index >= 15 is 0 Å². The zero-order valence-corrected chi connectivity index (χ0v) is 23.5. The van der Waals surface area contributed by atoms with Gasteiger partial charge < -0.3 is 5.32 Å². The highest BCUT2D eigenvalue weighted by atomic mass is 15.0. The third-order valence-corrected chi connectivity index (χ3v) is 13.2. The van der Waals surface area contributed by atoms with Crippen molar-refractivity contribution < 1.29 is 0 Å². The minimum atomic E-state index is 0.594. The van der Waals surface area contributed by atoms with Crippen LogP contribution in [0.25, 0.3) is 0 Å². The fourth-order valence-corrected chi connectivity index (χ4v) is 11.5. The first-order valence-corrected chi connectivity index (χ1v) is 15.6. The van der Waals surface area contributed by atoms with Crippen LogP contribution in [0.15, 0.2) is 30.3 Å². The molecule has 1 N–H and O–H groups in total. The summed E-state index contributed by atoms with van der Waals surface area (Å²) in [7, 11) is 0. The van der Waals surface area contributed by atoms with E-state index in [0.717, 1.165) is 54.0 Å². The Hall–Kier alpha value is -0.820. The summed E-state index contributed by atoms with van der Waals surface area (Å²) in [5.41, 5.74) is 3.29. The average molecular weight is 476 g/mol. The second kappa shape index (κ2) is 8.89. The van der Waals surface area contributed by atoms with Gasteiger partial charge >= 0.3 is 0 Å². The van der Waals surface area contributed by atoms with E-state index in [0.29, 0.717) is 16.2 Å². The summed E-state index contributed by atoms with van der Waals surface area (Å²) in [5.74, 6) is 6.70. The monoisotopic (exact) mass is 475 g/mol. The van der Waals surface area contributed by atoms with Crippen molar-refractivity contribution in [3.63, 3.8) is 0 Å². The molecule has 0 aliphatic heterocycles. The number of nitrogens with one attached hydrogen (secondary N) is 1. The molecule has 5 fully saturated rings. The van der Waals surface area contributed by atoms with Crippen LogP contribution in [0.1, 0.15) is 111 Å². The Morgan fingerprint density at radius 1 is 0.914 bits per heavy atom. The highest BCUT2D eigenvalue weighted by Crippen LogP contribution is 2.81. The summed E-state index contributed by atoms with van der Waals surface area (Å²) in [6, 6.07) is 11.9. The van der Waals surface area contributed by atoms with Crippen molar-refractivity contribution in [3.8, 4) is 0 Å². The van der Waals surface area contributed by atoms with Gasteiger partial charge in [0.1, 0.15) is 0 Å². The highest BCUT2D eigenvalue weighted by Gasteiger charge is 2.77. The lowest BCUT2D eigenvalue weighted by Crippen LogP contribution is -2.59. The van der Waals surface area contributed by atoms with E-state index in [-0.39, 0.29) is 0 Å². The van der Waals surface area contributed by atoms with Gasteiger partial charge in [-0.3, -0.25) is 0 Å². The van der Waals surface area contributed by atoms with E-state index in [4.69, 9.17) is 0 Å². The third-order valence-electron chi connectivity index (χ3n) is 13.2. The number of hydrogen-bond acceptors (Lipinski definition) is 1. The van der Waals surface area contributed by atoms with Crippen LogP contribution in [0, 0.1) is 57.7 Å². The van der Waals surface area contributed by atoms with Crippen LogP contribution < -0.4 is 5.32 Å². The Balaban J connectivity index is 1.22. The van der Waals surface area contributed by atoms with E-state index in [9.17, 15) is 0 Å². The summed E-state index contributed by atoms with van der Waals surface area (Å²) in [6.45, 7) is 14.0. The molecule has 1 heteroatoms. The molecule has 5 aliphatic carbocycles. The molecule has 0 amide bonds. The normalized spacial score (nSPS) is 46.6. The van der Waals surface area contributed by atoms with Crippen molar-refractivity contribution in [3.05, 3.63) is 35.9 Å². The summed E-state index contributed by atoms with van der Waals surface area (Å²) in [5, 5.41) is 4.21. The molecular formula is C34H53N. The fourth-order valence-electron chi connectivity index (χ4n) is 11.5. The number of rotatable bonds is 8. The van der Waals surface area contributed by atoms with Crippen LogP contribution in [0.4, 0.5) is 0 Å². The summed E-state index contributed by atoms with van der Waals surface area (Å²) in [4.78, 5) is 0. The van der Waals surface area contributed by atoms with E-state index < -0.39 is 0 Å². The smallest absolute Gasteiger partial charge is 0.0208 e. The maximum atomic E-state index is 4.21. The maximum Gasteiger partial charge on any atom is 0.0208 e. The predicted molar refractivity (Wildman–Crippen MR) is 148 cm³/mol. The van der Waals surface area contributed by atoms with E-state index in [1.807, 2.05) is 0 Å². The van der Waals surface area contributed by atoms with Gasteiger partial charge in [-0.1, -0.05) is 84.2 Å². The van der Waals surface area contributed by atoms with Crippen molar-refractivity contribution in [1.82, 2.24) is 5.32 Å². The zero-order valence-electron chi connectivity index (χ0n) is 23.5. The summed E-state index contributed by atoms with van der Waals surface area (Å²) < 4.78 is 0. The molecule has 1 spiro atoms. The molecule has 0 heterocycles. The van der Waals surface area contributed by atoms with E-state index in [1.165, 1.54) is 76.2 Å². The molecule has 1 aromatic carbocycles. The van der Waals surface area contributed by atoms with Crippen LogP contribution in [0.3, 0.4) is 0 Å². The van der Waals surface area contributed by atoms with Gasteiger partial charge in [-0.05, 0) is 115 Å². The molecule has 10 unspecified atom stereocenters. The minimum Gasteiger partial charge on any atom is -0.309 e. The Morgan fingerprint density at radius 2 is 1.71 bits per heavy atom. The van der Waals surface area contributed by atoms with Gasteiger partial charge in [0, 0.05) is 12.6 Å². The lowest BCUT2D eigenvalue weighted by Gasteiger charge is -2.61. The first-order valence-electron chi connectivity index (χ1n) is 15.6. The van der Waals surface area contributed by atoms with Crippen molar-refractivity contribution in [2.75, 3.05) is 0 Å². The Labute approximate surface area is 216 Å². The number of hydrogen-bond donors (Lipinski definition) is 1. The summed E-state index contributed by atoms with van der Waals surface area (Å²) >= 11 is 0. The summed E-state index contributed by atoms with van der Waals surface area (Å²) in [6.07, 6.45) is 16.4. The zero-order chi connectivity index (χ0) is 24.4. The molecule has 10 atom stereocenters. The second-order valence-electron chi connectivity index (χ2n) is 15.0. The fraction of sp³-hybridized carbons (Fsp3) is 0.824. The van der Waals surface area contributed by atoms with Gasteiger partial charge in [0.2, 0.25) is 0 Å². The van der Waals surface area contributed by atoms with Gasteiger partial charge in [-0.15, -0.1) is 0 Å². The minimum absolute atomic E-state index is 0.594. The molecule has 0 bridgehead atoms. The first kappa shape index (κ1) is 24.5. The quantitative estimate of drug-likeness (QED) is 0.396. The SMILES string of the molecule is CC(C)CCCC(C)C1CCC2C3CC(NCc4ccccc4)C45CC4CCC5(C)C3CCC12C. The molecule has 0 radical (unpaired) electrons. The van der Waals surface area contributed by atoms with Crippen molar-refractivity contribution in [1.29, 1.82) is 0 Å². The molecule has 5 aliphatic rings. The highest BCUT2D eigenvalue weighted by molar-refractivity contribution is 5.27. The maximum absolute atomic E-state index is 4.21. The van der Waals surface area contributed by atoms with Crippen LogP contribution in [-0.4, -0.2) is 6.04 Å². The predicted octanol–water partition coefficient (Wildman–Crippen LogP) is 8.88. The second-order valence-corrected chi connectivity index (χ2v) is 15.0. The van der Waals surface area contributed by atoms with Gasteiger partial charge in [-0.2, -0.15) is 0 Å². The van der Waals surface area contributed by atoms with Gasteiger partial charge in [0.15, 0.2) is 0 Å². The van der Waals surface area contributed by atoms with E-state index in [1.54, 1.807) is 0 Å². The molecular weight excluding hydrogens is 422 g/mol. The van der Waals surface area contributed by atoms with Gasteiger partial charge in [0.05, 0.1) is 0 Å². The molecule has 5 saturated carbocycles. The van der Waals surface area contributed by atoms with Crippen LogP contribution in [0.2, 0.25) is 0 Å². The van der Waals surface area contributed by atoms with Gasteiger partial charge in [0.25, 0.3) is 0 Å². The Kier molecular flexibility index (Phi) is 6.22. The first-order chi connectivity index (χ1) is 16.8. The van der Waals surface area contributed by atoms with Crippen LogP contribution in [0.5, 0.6) is 0 Å². The van der Waals surface area contributed by atoms with Crippen LogP contribution in [-0.2, 0) is 6.54 Å². The average Bonchev–Trinajstić information content (AvgIpc) is 3.34. The molecule has 1 nitrogen and oxygen atoms in total. The van der Waals surface area contributed by atoms with Crippen molar-refractivity contribution in [2.45, 2.75) is 118 Å².